The summed E-state index contributed by atoms with van der Waals surface area (Å²) >= 11 is 5.58. The molecular formula is C16H13ClF3N3O4. The third kappa shape index (κ3) is 5.07. The molecule has 0 spiro atoms. The van der Waals surface area contributed by atoms with Gasteiger partial charge in [-0.05, 0) is 47.2 Å². The summed E-state index contributed by atoms with van der Waals surface area (Å²) in [5.41, 5.74) is -1.27. The van der Waals surface area contributed by atoms with Gasteiger partial charge in [0.25, 0.3) is 5.91 Å². The summed E-state index contributed by atoms with van der Waals surface area (Å²) in [7, 11) is 0. The minimum atomic E-state index is -4.74. The topological polar surface area (TPSA) is 94.4 Å². The monoisotopic (exact) mass is 403 g/mol. The molecule has 1 aromatic carbocycles. The molecule has 0 aliphatic rings. The predicted molar refractivity (Wildman–Crippen MR) is 90.8 cm³/mol. The van der Waals surface area contributed by atoms with Crippen LogP contribution >= 0.6 is 11.6 Å². The molecule has 0 aliphatic heterocycles. The van der Waals surface area contributed by atoms with Crippen molar-refractivity contribution in [2.75, 3.05) is 5.32 Å². The van der Waals surface area contributed by atoms with E-state index in [4.69, 9.17) is 16.3 Å². The number of aryl methyl sites for hydroxylation is 1. The van der Waals surface area contributed by atoms with Crippen molar-refractivity contribution in [3.8, 4) is 5.75 Å². The van der Waals surface area contributed by atoms with Gasteiger partial charge in [-0.1, -0.05) is 11.6 Å². The van der Waals surface area contributed by atoms with Gasteiger partial charge >= 0.3 is 12.0 Å². The second kappa shape index (κ2) is 7.78. The van der Waals surface area contributed by atoms with Crippen LogP contribution in [0.1, 0.15) is 18.2 Å². The zero-order valence-electron chi connectivity index (χ0n) is 14.0. The van der Waals surface area contributed by atoms with Crippen molar-refractivity contribution < 1.29 is 27.6 Å². The van der Waals surface area contributed by atoms with Gasteiger partial charge in [-0.15, -0.1) is 0 Å². The number of carbonyl (C=O) groups is 1. The second-order valence-electron chi connectivity index (χ2n) is 5.47. The first kappa shape index (κ1) is 20.4. The average molecular weight is 404 g/mol. The number of nitrogens with zero attached hydrogens (tertiary/aromatic N) is 2. The van der Waals surface area contributed by atoms with Gasteiger partial charge in [0.05, 0.1) is 11.3 Å². The van der Waals surface area contributed by atoms with Crippen LogP contribution < -0.4 is 10.1 Å². The molecule has 0 fully saturated rings. The minimum Gasteiger partial charge on any atom is -0.473 e. The van der Waals surface area contributed by atoms with Crippen molar-refractivity contribution in [3.63, 3.8) is 0 Å². The van der Waals surface area contributed by atoms with E-state index in [0.717, 1.165) is 6.07 Å². The van der Waals surface area contributed by atoms with Gasteiger partial charge in [-0.2, -0.15) is 13.2 Å². The average Bonchev–Trinajstić information content (AvgIpc) is 2.56. The number of ether oxygens (including phenoxy) is 1. The van der Waals surface area contributed by atoms with Crippen LogP contribution in [0.2, 0.25) is 5.02 Å². The smallest absolute Gasteiger partial charge is 0.418 e. The molecule has 144 valence electrons. The van der Waals surface area contributed by atoms with Crippen molar-refractivity contribution in [1.29, 1.82) is 0 Å². The molecule has 0 radical (unpaired) electrons. The van der Waals surface area contributed by atoms with Gasteiger partial charge in [0, 0.05) is 11.9 Å². The SMILES string of the molecule is Cc1ccc(O[C@H](C)C(=O)Nc2ccc(Cl)cc2C(F)(F)F)c([N+](=O)[O-])n1. The van der Waals surface area contributed by atoms with Gasteiger partial charge in [-0.25, -0.2) is 0 Å². The van der Waals surface area contributed by atoms with Gasteiger partial charge in [0.2, 0.25) is 5.75 Å². The summed E-state index contributed by atoms with van der Waals surface area (Å²) in [4.78, 5) is 26.2. The Kier molecular flexibility index (Phi) is 5.89. The molecule has 1 heterocycles. The Bertz CT molecular complexity index is 890. The quantitative estimate of drug-likeness (QED) is 0.590. The molecule has 2 rings (SSSR count). The fourth-order valence-electron chi connectivity index (χ4n) is 2.09. The molecule has 1 N–H and O–H groups in total. The number of amides is 1. The van der Waals surface area contributed by atoms with E-state index in [1.807, 2.05) is 0 Å². The highest BCUT2D eigenvalue weighted by Gasteiger charge is 2.34. The summed E-state index contributed by atoms with van der Waals surface area (Å²) in [5, 5.41) is 13.0. The fourth-order valence-corrected chi connectivity index (χ4v) is 2.26. The summed E-state index contributed by atoms with van der Waals surface area (Å²) < 4.78 is 44.5. The first-order valence-electron chi connectivity index (χ1n) is 7.45. The summed E-state index contributed by atoms with van der Waals surface area (Å²) in [6.45, 7) is 2.77. The molecule has 1 amide bonds. The van der Waals surface area contributed by atoms with Crippen LogP contribution in [0, 0.1) is 17.0 Å². The molecular weight excluding hydrogens is 391 g/mol. The maximum Gasteiger partial charge on any atom is 0.418 e. The van der Waals surface area contributed by atoms with Gasteiger partial charge < -0.3 is 20.2 Å². The lowest BCUT2D eigenvalue weighted by Crippen LogP contribution is -2.31. The Balaban J connectivity index is 2.22. The molecule has 7 nitrogen and oxygen atoms in total. The highest BCUT2D eigenvalue weighted by Crippen LogP contribution is 2.36. The molecule has 0 unspecified atom stereocenters. The fraction of sp³-hybridized carbons (Fsp3) is 0.250. The van der Waals surface area contributed by atoms with Crippen LogP contribution in [0.5, 0.6) is 5.75 Å². The van der Waals surface area contributed by atoms with Crippen LogP contribution in [-0.2, 0) is 11.0 Å². The van der Waals surface area contributed by atoms with E-state index in [2.05, 4.69) is 10.3 Å². The van der Waals surface area contributed by atoms with E-state index < -0.39 is 40.2 Å². The lowest BCUT2D eigenvalue weighted by Gasteiger charge is -2.17. The predicted octanol–water partition coefficient (Wildman–Crippen LogP) is 4.38. The van der Waals surface area contributed by atoms with E-state index in [0.29, 0.717) is 11.8 Å². The number of aromatic nitrogens is 1. The van der Waals surface area contributed by atoms with Crippen LogP contribution in [0.4, 0.5) is 24.7 Å². The maximum atomic E-state index is 13.1. The Morgan fingerprint density at radius 2 is 2.00 bits per heavy atom. The molecule has 0 bridgehead atoms. The zero-order chi connectivity index (χ0) is 20.4. The maximum absolute atomic E-state index is 13.1. The first-order chi connectivity index (χ1) is 12.5. The molecule has 1 aromatic heterocycles. The van der Waals surface area contributed by atoms with Crippen LogP contribution in [-0.4, -0.2) is 21.9 Å². The number of rotatable bonds is 5. The largest absolute Gasteiger partial charge is 0.473 e. The Morgan fingerprint density at radius 3 is 2.59 bits per heavy atom. The molecule has 0 saturated heterocycles. The number of carbonyl (C=O) groups excluding carboxylic acids is 1. The third-order valence-electron chi connectivity index (χ3n) is 3.37. The molecule has 0 aliphatic carbocycles. The van der Waals surface area contributed by atoms with Gasteiger partial charge in [-0.3, -0.25) is 4.79 Å². The number of pyridine rings is 1. The number of alkyl halides is 3. The van der Waals surface area contributed by atoms with Crippen molar-refractivity contribution in [1.82, 2.24) is 4.98 Å². The Hall–Kier alpha value is -2.88. The second-order valence-corrected chi connectivity index (χ2v) is 5.90. The van der Waals surface area contributed by atoms with E-state index in [1.165, 1.54) is 32.0 Å². The summed E-state index contributed by atoms with van der Waals surface area (Å²) in [5.74, 6) is -1.81. The third-order valence-corrected chi connectivity index (χ3v) is 3.60. The first-order valence-corrected chi connectivity index (χ1v) is 7.83. The number of hydrogen-bond donors (Lipinski definition) is 1. The lowest BCUT2D eigenvalue weighted by molar-refractivity contribution is -0.390. The number of benzene rings is 1. The summed E-state index contributed by atoms with van der Waals surface area (Å²) in [6, 6.07) is 5.57. The standard InChI is InChI=1S/C16H13ClF3N3O4/c1-8-3-6-13(14(21-8)23(25)26)27-9(2)15(24)22-12-5-4-10(17)7-11(12)16(18,19)20/h3-7,9H,1-2H3,(H,22,24)/t9-/m1/s1. The van der Waals surface area contributed by atoms with Crippen LogP contribution in [0.25, 0.3) is 0 Å². The van der Waals surface area contributed by atoms with Crippen LogP contribution in [0.3, 0.4) is 0 Å². The van der Waals surface area contributed by atoms with E-state index >= 15 is 0 Å². The Morgan fingerprint density at radius 1 is 1.33 bits per heavy atom. The number of nitro groups is 1. The van der Waals surface area contributed by atoms with E-state index in [9.17, 15) is 28.1 Å². The van der Waals surface area contributed by atoms with Crippen molar-refractivity contribution in [2.45, 2.75) is 26.1 Å². The zero-order valence-corrected chi connectivity index (χ0v) is 14.8. The highest BCUT2D eigenvalue weighted by atomic mass is 35.5. The molecule has 27 heavy (non-hydrogen) atoms. The van der Waals surface area contributed by atoms with Crippen molar-refractivity contribution in [3.05, 3.63) is 56.7 Å². The van der Waals surface area contributed by atoms with E-state index in [-0.39, 0.29) is 10.8 Å². The molecule has 0 saturated carbocycles. The van der Waals surface area contributed by atoms with Crippen molar-refractivity contribution in [2.24, 2.45) is 0 Å². The van der Waals surface area contributed by atoms with Gasteiger partial charge in [0.1, 0.15) is 5.69 Å². The number of nitrogens with one attached hydrogen (secondary N) is 1. The normalized spacial score (nSPS) is 12.4. The number of hydrogen-bond acceptors (Lipinski definition) is 5. The number of halogens is 4. The summed E-state index contributed by atoms with van der Waals surface area (Å²) in [6.07, 6.45) is -6.07. The minimum absolute atomic E-state index is 0.147. The van der Waals surface area contributed by atoms with Crippen LogP contribution in [0.15, 0.2) is 30.3 Å². The molecule has 11 heteroatoms. The van der Waals surface area contributed by atoms with Gasteiger partial charge in [0.15, 0.2) is 6.10 Å². The number of anilines is 1. The molecule has 2 aromatic rings. The Labute approximate surface area is 156 Å². The molecule has 1 atom stereocenters. The van der Waals surface area contributed by atoms with E-state index in [1.54, 1.807) is 0 Å². The van der Waals surface area contributed by atoms with Crippen molar-refractivity contribution >= 4 is 29.0 Å². The lowest BCUT2D eigenvalue weighted by atomic mass is 10.1. The highest BCUT2D eigenvalue weighted by molar-refractivity contribution is 6.30.